The Kier molecular flexibility index (Phi) is 7.21. The van der Waals surface area contributed by atoms with Crippen LogP contribution in [0.25, 0.3) is 0 Å². The number of benzene rings is 1. The third-order valence-electron chi connectivity index (χ3n) is 4.35. The Morgan fingerprint density at radius 2 is 2.03 bits per heavy atom. The average molecular weight is 433 g/mol. The van der Waals surface area contributed by atoms with Crippen LogP contribution in [0, 0.1) is 13.8 Å². The number of hydrogen-bond donors (Lipinski definition) is 1. The highest BCUT2D eigenvalue weighted by Crippen LogP contribution is 2.21. The molecule has 3 aromatic rings. The maximum absolute atomic E-state index is 12.1. The molecule has 0 aliphatic rings. The summed E-state index contributed by atoms with van der Waals surface area (Å²) in [5, 5.41) is 21.1. The van der Waals surface area contributed by atoms with E-state index in [1.807, 2.05) is 24.6 Å². The first-order valence-electron chi connectivity index (χ1n) is 9.21. The normalized spacial score (nSPS) is 10.9. The number of carbonyl (C=O) groups excluding carboxylic acids is 1. The van der Waals surface area contributed by atoms with E-state index in [0.717, 1.165) is 46.6 Å². The summed E-state index contributed by atoms with van der Waals surface area (Å²) in [5.74, 6) is 1.94. The molecule has 8 nitrogen and oxygen atoms in total. The number of ether oxygens (including phenoxy) is 1. The molecule has 154 valence electrons. The van der Waals surface area contributed by atoms with Crippen LogP contribution in [-0.2, 0) is 24.7 Å². The van der Waals surface area contributed by atoms with Crippen molar-refractivity contribution in [1.29, 1.82) is 0 Å². The molecule has 0 saturated carbocycles. The van der Waals surface area contributed by atoms with E-state index in [0.29, 0.717) is 5.13 Å². The van der Waals surface area contributed by atoms with Gasteiger partial charge in [0.2, 0.25) is 11.0 Å². The highest BCUT2D eigenvalue weighted by Gasteiger charge is 2.13. The van der Waals surface area contributed by atoms with E-state index >= 15 is 0 Å². The van der Waals surface area contributed by atoms with Gasteiger partial charge in [0, 0.05) is 13.5 Å². The molecule has 2 heterocycles. The topological polar surface area (TPSA) is 94.8 Å². The van der Waals surface area contributed by atoms with Crippen LogP contribution in [0.15, 0.2) is 23.4 Å². The van der Waals surface area contributed by atoms with Gasteiger partial charge in [-0.3, -0.25) is 10.1 Å². The zero-order valence-electron chi connectivity index (χ0n) is 16.9. The molecule has 1 aromatic carbocycles. The molecule has 0 bridgehead atoms. The quantitative estimate of drug-likeness (QED) is 0.519. The zero-order chi connectivity index (χ0) is 20.8. The van der Waals surface area contributed by atoms with E-state index in [2.05, 4.69) is 44.8 Å². The van der Waals surface area contributed by atoms with Crippen LogP contribution in [0.5, 0.6) is 5.75 Å². The van der Waals surface area contributed by atoms with Crippen molar-refractivity contribution in [2.45, 2.75) is 38.3 Å². The Labute approximate surface area is 178 Å². The largest absolute Gasteiger partial charge is 0.496 e. The minimum absolute atomic E-state index is 0.134. The molecule has 3 rings (SSSR count). The second-order valence-corrected chi connectivity index (χ2v) is 8.70. The van der Waals surface area contributed by atoms with Gasteiger partial charge in [0.1, 0.15) is 16.6 Å². The molecule has 0 unspecified atom stereocenters. The summed E-state index contributed by atoms with van der Waals surface area (Å²) in [6, 6.07) is 6.27. The molecule has 0 spiro atoms. The lowest BCUT2D eigenvalue weighted by Crippen LogP contribution is -2.14. The molecule has 0 aliphatic heterocycles. The highest BCUT2D eigenvalue weighted by atomic mass is 32.2. The molecule has 0 aliphatic carbocycles. The zero-order valence-corrected chi connectivity index (χ0v) is 18.6. The van der Waals surface area contributed by atoms with Gasteiger partial charge in [-0.1, -0.05) is 35.2 Å². The van der Waals surface area contributed by atoms with E-state index in [1.165, 1.54) is 28.7 Å². The molecule has 1 N–H and O–H groups in total. The van der Waals surface area contributed by atoms with Gasteiger partial charge in [0.25, 0.3) is 0 Å². The van der Waals surface area contributed by atoms with Gasteiger partial charge in [0.05, 0.1) is 12.9 Å². The maximum atomic E-state index is 12.1. The minimum atomic E-state index is -0.134. The Hall–Kier alpha value is -2.46. The van der Waals surface area contributed by atoms with Crippen molar-refractivity contribution in [2.24, 2.45) is 7.05 Å². The summed E-state index contributed by atoms with van der Waals surface area (Å²) >= 11 is 2.71. The second kappa shape index (κ2) is 9.84. The van der Waals surface area contributed by atoms with Crippen LogP contribution in [0.1, 0.15) is 28.4 Å². The Morgan fingerprint density at radius 1 is 1.21 bits per heavy atom. The number of hydrogen-bond acceptors (Lipinski definition) is 8. The minimum Gasteiger partial charge on any atom is -0.496 e. The molecule has 10 heteroatoms. The highest BCUT2D eigenvalue weighted by molar-refractivity contribution is 7.99. The van der Waals surface area contributed by atoms with E-state index in [9.17, 15) is 4.79 Å². The maximum Gasteiger partial charge on any atom is 0.236 e. The van der Waals surface area contributed by atoms with Gasteiger partial charge in [-0.15, -0.1) is 20.4 Å². The van der Waals surface area contributed by atoms with Crippen molar-refractivity contribution in [1.82, 2.24) is 25.0 Å². The number of anilines is 1. The van der Waals surface area contributed by atoms with Gasteiger partial charge in [-0.25, -0.2) is 0 Å². The van der Waals surface area contributed by atoms with E-state index in [-0.39, 0.29) is 11.7 Å². The second-order valence-electron chi connectivity index (χ2n) is 6.58. The number of nitrogens with one attached hydrogen (secondary N) is 1. The van der Waals surface area contributed by atoms with Gasteiger partial charge in [0.15, 0.2) is 5.16 Å². The molecule has 0 radical (unpaired) electrons. The predicted molar refractivity (Wildman–Crippen MR) is 115 cm³/mol. The fourth-order valence-corrected chi connectivity index (χ4v) is 4.21. The lowest BCUT2D eigenvalue weighted by Gasteiger charge is -2.07. The average Bonchev–Trinajstić information content (AvgIpc) is 3.26. The van der Waals surface area contributed by atoms with Gasteiger partial charge in [-0.05, 0) is 43.9 Å². The first kappa shape index (κ1) is 21.3. The van der Waals surface area contributed by atoms with Crippen molar-refractivity contribution >= 4 is 34.1 Å². The fourth-order valence-electron chi connectivity index (χ4n) is 2.87. The van der Waals surface area contributed by atoms with Crippen molar-refractivity contribution in [3.8, 4) is 5.75 Å². The SMILES string of the molecule is COc1ccc(CCCc2nnc(SCC(=O)Nc3nnc(C)s3)n2C)cc1C. The summed E-state index contributed by atoms with van der Waals surface area (Å²) < 4.78 is 7.26. The van der Waals surface area contributed by atoms with E-state index in [1.54, 1.807) is 7.11 Å². The number of amides is 1. The monoisotopic (exact) mass is 432 g/mol. The Balaban J connectivity index is 1.47. The number of aromatic nitrogens is 5. The van der Waals surface area contributed by atoms with Gasteiger partial charge < -0.3 is 9.30 Å². The lowest BCUT2D eigenvalue weighted by atomic mass is 10.0. The Morgan fingerprint density at radius 3 is 2.72 bits per heavy atom. The number of methoxy groups -OCH3 is 1. The van der Waals surface area contributed by atoms with Crippen molar-refractivity contribution in [3.05, 3.63) is 40.2 Å². The van der Waals surface area contributed by atoms with Crippen LogP contribution in [0.2, 0.25) is 0 Å². The predicted octanol–water partition coefficient (Wildman–Crippen LogP) is 3.20. The fraction of sp³-hybridized carbons (Fsp3) is 0.421. The molecule has 0 saturated heterocycles. The number of rotatable bonds is 9. The summed E-state index contributed by atoms with van der Waals surface area (Å²) in [4.78, 5) is 12.1. The third kappa shape index (κ3) is 5.77. The summed E-state index contributed by atoms with van der Waals surface area (Å²) in [5.41, 5.74) is 2.42. The summed E-state index contributed by atoms with van der Waals surface area (Å²) in [6.45, 7) is 3.90. The van der Waals surface area contributed by atoms with Crippen molar-refractivity contribution < 1.29 is 9.53 Å². The van der Waals surface area contributed by atoms with Crippen LogP contribution >= 0.6 is 23.1 Å². The van der Waals surface area contributed by atoms with E-state index < -0.39 is 0 Å². The molecule has 1 amide bonds. The van der Waals surface area contributed by atoms with Crippen LogP contribution < -0.4 is 10.1 Å². The third-order valence-corrected chi connectivity index (χ3v) is 6.13. The number of thioether (sulfide) groups is 1. The molecular formula is C19H24N6O2S2. The van der Waals surface area contributed by atoms with Crippen LogP contribution in [-0.4, -0.2) is 43.7 Å². The van der Waals surface area contributed by atoms with E-state index in [4.69, 9.17) is 4.74 Å². The molecule has 29 heavy (non-hydrogen) atoms. The van der Waals surface area contributed by atoms with Crippen molar-refractivity contribution in [3.63, 3.8) is 0 Å². The number of aryl methyl sites for hydroxylation is 4. The molecular weight excluding hydrogens is 408 g/mol. The first-order valence-corrected chi connectivity index (χ1v) is 11.0. The summed E-state index contributed by atoms with van der Waals surface area (Å²) in [7, 11) is 3.62. The lowest BCUT2D eigenvalue weighted by molar-refractivity contribution is -0.113. The summed E-state index contributed by atoms with van der Waals surface area (Å²) in [6.07, 6.45) is 2.76. The Bertz CT molecular complexity index is 985. The molecule has 2 aromatic heterocycles. The van der Waals surface area contributed by atoms with Crippen LogP contribution in [0.3, 0.4) is 0 Å². The number of nitrogens with zero attached hydrogens (tertiary/aromatic N) is 5. The van der Waals surface area contributed by atoms with Gasteiger partial charge in [-0.2, -0.15) is 0 Å². The standard InChI is InChI=1S/C19H24N6O2S2/c1-12-10-14(8-9-15(12)27-4)6-5-7-16-22-24-19(25(16)3)28-11-17(26)20-18-23-21-13(2)29-18/h8-10H,5-7,11H2,1-4H3,(H,20,23,26). The molecule has 0 fully saturated rings. The van der Waals surface area contributed by atoms with Crippen molar-refractivity contribution in [2.75, 3.05) is 18.2 Å². The smallest absolute Gasteiger partial charge is 0.236 e. The molecule has 0 atom stereocenters. The van der Waals surface area contributed by atoms with Crippen LogP contribution in [0.4, 0.5) is 5.13 Å². The number of carbonyl (C=O) groups is 1. The first-order chi connectivity index (χ1) is 14.0. The van der Waals surface area contributed by atoms with Gasteiger partial charge >= 0.3 is 0 Å².